The van der Waals surface area contributed by atoms with E-state index in [-0.39, 0.29) is 17.0 Å². The van der Waals surface area contributed by atoms with E-state index < -0.39 is 0 Å². The zero-order valence-corrected chi connectivity index (χ0v) is 15.4. The minimum absolute atomic E-state index is 0.165. The second-order valence-electron chi connectivity index (χ2n) is 8.10. The Bertz CT molecular complexity index is 757. The minimum atomic E-state index is -0.354. The molecular formula is C22H27N3O. The first-order chi connectivity index (χ1) is 12.7. The first kappa shape index (κ1) is 17.3. The summed E-state index contributed by atoms with van der Waals surface area (Å²) in [5, 5.41) is 8.32. The van der Waals surface area contributed by atoms with Crippen molar-refractivity contribution in [3.8, 4) is 12.3 Å². The summed E-state index contributed by atoms with van der Waals surface area (Å²) in [4.78, 5) is 15.0. The smallest absolute Gasteiger partial charge is 0.222 e. The summed E-state index contributed by atoms with van der Waals surface area (Å²) in [6, 6.07) is 8.85. The third-order valence-electron chi connectivity index (χ3n) is 6.41. The molecule has 3 aliphatic rings. The van der Waals surface area contributed by atoms with Crippen molar-refractivity contribution in [2.24, 2.45) is 10.2 Å². The Morgan fingerprint density at radius 3 is 2.81 bits per heavy atom. The van der Waals surface area contributed by atoms with Crippen molar-refractivity contribution in [2.45, 2.75) is 68.9 Å². The lowest BCUT2D eigenvalue weighted by atomic mass is 9.66. The Labute approximate surface area is 156 Å². The zero-order chi connectivity index (χ0) is 18.0. The highest BCUT2D eigenvalue weighted by molar-refractivity contribution is 5.76. The number of rotatable bonds is 5. The van der Waals surface area contributed by atoms with Gasteiger partial charge in [-0.1, -0.05) is 24.3 Å². The molecule has 4 nitrogen and oxygen atoms in total. The molecule has 0 saturated carbocycles. The number of amides is 1. The SMILES string of the molecule is C#CCCC1(CCC(=O)N2CCCC3(CCCc4ccccc43)C2)N=N1. The first-order valence-corrected chi connectivity index (χ1v) is 9.90. The summed E-state index contributed by atoms with van der Waals surface area (Å²) in [7, 11) is 0. The topological polar surface area (TPSA) is 45.0 Å². The summed E-state index contributed by atoms with van der Waals surface area (Å²) < 4.78 is 0. The van der Waals surface area contributed by atoms with E-state index >= 15 is 0 Å². The molecule has 26 heavy (non-hydrogen) atoms. The van der Waals surface area contributed by atoms with Crippen molar-refractivity contribution >= 4 is 5.91 Å². The summed E-state index contributed by atoms with van der Waals surface area (Å²) in [5.74, 6) is 2.90. The number of carbonyl (C=O) groups excluding carboxylic acids is 1. The molecule has 1 spiro atoms. The molecule has 4 rings (SSSR count). The van der Waals surface area contributed by atoms with Crippen LogP contribution in [0, 0.1) is 12.3 Å². The molecule has 1 aliphatic carbocycles. The summed E-state index contributed by atoms with van der Waals surface area (Å²) in [6.07, 6.45) is 13.9. The average Bonchev–Trinajstić information content (AvgIpc) is 3.45. The van der Waals surface area contributed by atoms with Crippen molar-refractivity contribution in [3.63, 3.8) is 0 Å². The van der Waals surface area contributed by atoms with E-state index in [2.05, 4.69) is 45.3 Å². The molecule has 2 aliphatic heterocycles. The van der Waals surface area contributed by atoms with E-state index in [0.29, 0.717) is 19.3 Å². The lowest BCUT2D eigenvalue weighted by molar-refractivity contribution is -0.134. The van der Waals surface area contributed by atoms with Crippen LogP contribution in [0.2, 0.25) is 0 Å². The van der Waals surface area contributed by atoms with Gasteiger partial charge >= 0.3 is 0 Å². The lowest BCUT2D eigenvalue weighted by Gasteiger charge is -2.46. The van der Waals surface area contributed by atoms with Crippen LogP contribution in [0.3, 0.4) is 0 Å². The number of fused-ring (bicyclic) bond motifs is 2. The van der Waals surface area contributed by atoms with Crippen molar-refractivity contribution < 1.29 is 4.79 Å². The van der Waals surface area contributed by atoms with Gasteiger partial charge in [0.15, 0.2) is 5.66 Å². The van der Waals surface area contributed by atoms with Crippen LogP contribution in [0.1, 0.15) is 62.5 Å². The molecule has 1 aromatic carbocycles. The molecule has 0 bridgehead atoms. The first-order valence-electron chi connectivity index (χ1n) is 9.90. The molecule has 2 heterocycles. The molecule has 0 N–H and O–H groups in total. The Morgan fingerprint density at radius 1 is 1.19 bits per heavy atom. The van der Waals surface area contributed by atoms with Crippen LogP contribution in [0.4, 0.5) is 0 Å². The van der Waals surface area contributed by atoms with Gasteiger partial charge < -0.3 is 4.90 Å². The van der Waals surface area contributed by atoms with Gasteiger partial charge in [-0.05, 0) is 43.2 Å². The third-order valence-corrected chi connectivity index (χ3v) is 6.41. The van der Waals surface area contributed by atoms with Gasteiger partial charge in [0.1, 0.15) is 0 Å². The van der Waals surface area contributed by atoms with Crippen molar-refractivity contribution in [1.29, 1.82) is 0 Å². The normalized spacial score (nSPS) is 25.6. The number of nitrogens with zero attached hydrogens (tertiary/aromatic N) is 3. The standard InChI is InChI=1S/C22H27N3O/c1-2-3-14-22(23-24-22)15-11-20(26)25-16-7-13-21(17-25)12-6-9-18-8-4-5-10-19(18)21/h1,4-5,8,10H,3,6-7,9,11-17H2. The Kier molecular flexibility index (Phi) is 4.56. The number of aryl methyl sites for hydroxylation is 1. The number of likely N-dealkylation sites (tertiary alicyclic amines) is 1. The van der Waals surface area contributed by atoms with Crippen LogP contribution in [-0.2, 0) is 16.6 Å². The second-order valence-corrected chi connectivity index (χ2v) is 8.10. The van der Waals surface area contributed by atoms with Crippen LogP contribution in [0.15, 0.2) is 34.5 Å². The summed E-state index contributed by atoms with van der Waals surface area (Å²) >= 11 is 0. The van der Waals surface area contributed by atoms with Crippen LogP contribution < -0.4 is 0 Å². The Balaban J connectivity index is 1.41. The van der Waals surface area contributed by atoms with E-state index in [9.17, 15) is 4.79 Å². The van der Waals surface area contributed by atoms with Crippen molar-refractivity contribution in [1.82, 2.24) is 4.90 Å². The highest BCUT2D eigenvalue weighted by atomic mass is 16.2. The number of carbonyl (C=O) groups is 1. The maximum atomic E-state index is 12.9. The van der Waals surface area contributed by atoms with Crippen LogP contribution >= 0.6 is 0 Å². The van der Waals surface area contributed by atoms with Crippen LogP contribution in [0.25, 0.3) is 0 Å². The van der Waals surface area contributed by atoms with Gasteiger partial charge in [-0.25, -0.2) is 0 Å². The van der Waals surface area contributed by atoms with E-state index in [1.165, 1.54) is 36.8 Å². The minimum Gasteiger partial charge on any atom is -0.342 e. The molecule has 1 aromatic rings. The van der Waals surface area contributed by atoms with Gasteiger partial charge in [0, 0.05) is 44.2 Å². The van der Waals surface area contributed by atoms with Gasteiger partial charge in [-0.2, -0.15) is 10.2 Å². The average molecular weight is 349 g/mol. The molecule has 1 amide bonds. The maximum absolute atomic E-state index is 12.9. The fraction of sp³-hybridized carbons (Fsp3) is 0.591. The monoisotopic (exact) mass is 349 g/mol. The molecule has 1 saturated heterocycles. The summed E-state index contributed by atoms with van der Waals surface area (Å²) in [6.45, 7) is 1.75. The molecule has 1 unspecified atom stereocenters. The number of hydrogen-bond acceptors (Lipinski definition) is 3. The van der Waals surface area contributed by atoms with Crippen molar-refractivity contribution in [2.75, 3.05) is 13.1 Å². The van der Waals surface area contributed by atoms with E-state index in [4.69, 9.17) is 6.42 Å². The van der Waals surface area contributed by atoms with Crippen LogP contribution in [0.5, 0.6) is 0 Å². The third kappa shape index (κ3) is 3.28. The molecular weight excluding hydrogens is 322 g/mol. The number of piperidine rings is 1. The number of terminal acetylenes is 1. The van der Waals surface area contributed by atoms with Gasteiger partial charge in [0.25, 0.3) is 0 Å². The highest BCUT2D eigenvalue weighted by Crippen LogP contribution is 2.44. The molecule has 1 fully saturated rings. The predicted molar refractivity (Wildman–Crippen MR) is 102 cm³/mol. The van der Waals surface area contributed by atoms with Crippen molar-refractivity contribution in [3.05, 3.63) is 35.4 Å². The van der Waals surface area contributed by atoms with Gasteiger partial charge in [-0.15, -0.1) is 12.3 Å². The zero-order valence-electron chi connectivity index (χ0n) is 15.4. The molecule has 4 heteroatoms. The van der Waals surface area contributed by atoms with Crippen LogP contribution in [-0.4, -0.2) is 29.6 Å². The lowest BCUT2D eigenvalue weighted by Crippen LogP contribution is -2.50. The molecule has 0 aromatic heterocycles. The van der Waals surface area contributed by atoms with E-state index in [0.717, 1.165) is 25.9 Å². The number of benzene rings is 1. The predicted octanol–water partition coefficient (Wildman–Crippen LogP) is 4.24. The Morgan fingerprint density at radius 2 is 2.00 bits per heavy atom. The second kappa shape index (κ2) is 6.87. The highest BCUT2D eigenvalue weighted by Gasteiger charge is 2.43. The molecule has 1 atom stereocenters. The van der Waals surface area contributed by atoms with Gasteiger partial charge in [-0.3, -0.25) is 4.79 Å². The fourth-order valence-electron chi connectivity index (χ4n) is 4.91. The quantitative estimate of drug-likeness (QED) is 0.733. The maximum Gasteiger partial charge on any atom is 0.222 e. The van der Waals surface area contributed by atoms with E-state index in [1.807, 2.05) is 0 Å². The molecule has 136 valence electrons. The number of hydrogen-bond donors (Lipinski definition) is 0. The summed E-state index contributed by atoms with van der Waals surface area (Å²) in [5.41, 5.74) is 2.78. The van der Waals surface area contributed by atoms with Gasteiger partial charge in [0.2, 0.25) is 5.91 Å². The Hall–Kier alpha value is -2.15. The molecule has 0 radical (unpaired) electrons. The van der Waals surface area contributed by atoms with E-state index in [1.54, 1.807) is 0 Å². The fourth-order valence-corrected chi connectivity index (χ4v) is 4.91. The largest absolute Gasteiger partial charge is 0.342 e. The van der Waals surface area contributed by atoms with Gasteiger partial charge in [0.05, 0.1) is 0 Å².